The van der Waals surface area contributed by atoms with Gasteiger partial charge in [-0.3, -0.25) is 0 Å². The van der Waals surface area contributed by atoms with Crippen molar-refractivity contribution in [1.29, 1.82) is 0 Å². The van der Waals surface area contributed by atoms with Crippen LogP contribution in [0.3, 0.4) is 0 Å². The third-order valence-corrected chi connectivity index (χ3v) is 11.2. The number of furan rings is 2. The minimum Gasteiger partial charge on any atom is -0.455 e. The van der Waals surface area contributed by atoms with Crippen LogP contribution < -0.4 is 0 Å². The molecule has 0 spiro atoms. The van der Waals surface area contributed by atoms with Crippen LogP contribution in [0.5, 0.6) is 0 Å². The van der Waals surface area contributed by atoms with E-state index in [1.165, 1.54) is 58.4 Å². The van der Waals surface area contributed by atoms with Crippen molar-refractivity contribution in [3.05, 3.63) is 158 Å². The lowest BCUT2D eigenvalue weighted by Crippen LogP contribution is -1.91. The summed E-state index contributed by atoms with van der Waals surface area (Å²) in [5.41, 5.74) is 8.36. The lowest BCUT2D eigenvalue weighted by molar-refractivity contribution is 0.632. The van der Waals surface area contributed by atoms with E-state index in [0.29, 0.717) is 0 Å². The zero-order valence-electron chi connectivity index (χ0n) is 26.2. The van der Waals surface area contributed by atoms with E-state index in [2.05, 4.69) is 140 Å². The van der Waals surface area contributed by atoms with Crippen LogP contribution in [-0.4, -0.2) is 0 Å². The van der Waals surface area contributed by atoms with Crippen molar-refractivity contribution < 1.29 is 8.83 Å². The second-order valence-electron chi connectivity index (χ2n) is 12.7. The molecular weight excluding hydrogens is 617 g/mol. The summed E-state index contributed by atoms with van der Waals surface area (Å²) in [6.45, 7) is 0. The average molecular weight is 643 g/mol. The minimum absolute atomic E-state index is 0.825. The smallest absolute Gasteiger partial charge is 0.146 e. The Morgan fingerprint density at radius 2 is 0.959 bits per heavy atom. The average Bonchev–Trinajstić information content (AvgIpc) is 3.88. The molecule has 11 rings (SSSR count). The van der Waals surface area contributed by atoms with Crippen LogP contribution in [0.4, 0.5) is 0 Å². The molecule has 0 amide bonds. The number of hydrogen-bond donors (Lipinski definition) is 0. The summed E-state index contributed by atoms with van der Waals surface area (Å²) in [4.78, 5) is 0. The highest BCUT2D eigenvalue weighted by Crippen LogP contribution is 2.50. The van der Waals surface area contributed by atoms with Gasteiger partial charge in [-0.2, -0.15) is 0 Å². The Hall–Kier alpha value is -6.16. The van der Waals surface area contributed by atoms with E-state index in [9.17, 15) is 0 Å². The van der Waals surface area contributed by atoms with Crippen molar-refractivity contribution in [2.24, 2.45) is 0 Å². The van der Waals surface area contributed by atoms with Gasteiger partial charge >= 0.3 is 0 Å². The summed E-state index contributed by atoms with van der Waals surface area (Å²) in [5, 5.41) is 10.6. The van der Waals surface area contributed by atoms with Crippen LogP contribution >= 0.6 is 11.3 Å². The van der Waals surface area contributed by atoms with Crippen LogP contribution in [0, 0.1) is 0 Å². The maximum atomic E-state index is 6.89. The third-order valence-electron chi connectivity index (χ3n) is 10.1. The van der Waals surface area contributed by atoms with Crippen LogP contribution in [0.15, 0.2) is 167 Å². The molecule has 0 saturated carbocycles. The van der Waals surface area contributed by atoms with E-state index in [1.54, 1.807) is 0 Å². The molecule has 2 nitrogen and oxygen atoms in total. The van der Waals surface area contributed by atoms with Gasteiger partial charge in [-0.1, -0.05) is 127 Å². The molecule has 0 bridgehead atoms. The summed E-state index contributed by atoms with van der Waals surface area (Å²) in [7, 11) is 0. The van der Waals surface area contributed by atoms with E-state index in [4.69, 9.17) is 8.83 Å². The molecule has 0 radical (unpaired) electrons. The predicted octanol–water partition coefficient (Wildman–Crippen LogP) is 14.0. The Labute approximate surface area is 285 Å². The summed E-state index contributed by atoms with van der Waals surface area (Å²) >= 11 is 1.86. The molecule has 0 unspecified atom stereocenters. The van der Waals surface area contributed by atoms with Gasteiger partial charge in [0, 0.05) is 47.6 Å². The number of para-hydroxylation sites is 1. The lowest BCUT2D eigenvalue weighted by atomic mass is 9.84. The van der Waals surface area contributed by atoms with E-state index in [1.807, 2.05) is 29.5 Å². The summed E-state index contributed by atoms with van der Waals surface area (Å²) in [6.07, 6.45) is 0. The standard InChI is InChI=1S/C46H26O2S/c1-2-13-27(14-3-1)39-26-37-45-35(28-15-8-10-22-38(28)47-45)25-36(46(37)48-39)43-31-18-6-4-16-29(31)42(30-17-5-7-19-32(30)43)34-21-12-24-41-44(34)33-20-9-11-23-40(33)49-41/h1-26H. The van der Waals surface area contributed by atoms with Gasteiger partial charge in [0.25, 0.3) is 0 Å². The summed E-state index contributed by atoms with van der Waals surface area (Å²) in [6, 6.07) is 56.4. The normalized spacial score (nSPS) is 12.1. The number of hydrogen-bond acceptors (Lipinski definition) is 3. The molecule has 0 fully saturated rings. The Balaban J connectivity index is 1.31. The quantitative estimate of drug-likeness (QED) is 0.179. The van der Waals surface area contributed by atoms with E-state index in [0.717, 1.165) is 49.8 Å². The van der Waals surface area contributed by atoms with Gasteiger partial charge < -0.3 is 8.83 Å². The van der Waals surface area contributed by atoms with Gasteiger partial charge in [-0.25, -0.2) is 0 Å². The first kappa shape index (κ1) is 26.9. The monoisotopic (exact) mass is 642 g/mol. The van der Waals surface area contributed by atoms with Crippen molar-refractivity contribution in [2.75, 3.05) is 0 Å². The number of fused-ring (bicyclic) bond motifs is 10. The number of thiophene rings is 1. The van der Waals surface area contributed by atoms with Gasteiger partial charge in [0.1, 0.15) is 22.5 Å². The van der Waals surface area contributed by atoms with Crippen LogP contribution in [0.2, 0.25) is 0 Å². The van der Waals surface area contributed by atoms with Crippen LogP contribution in [0.1, 0.15) is 0 Å². The van der Waals surface area contributed by atoms with Gasteiger partial charge in [0.2, 0.25) is 0 Å². The molecular formula is C46H26O2S. The predicted molar refractivity (Wildman–Crippen MR) is 208 cm³/mol. The highest BCUT2D eigenvalue weighted by atomic mass is 32.1. The molecule has 0 N–H and O–H groups in total. The van der Waals surface area contributed by atoms with Crippen molar-refractivity contribution in [2.45, 2.75) is 0 Å². The first-order valence-electron chi connectivity index (χ1n) is 16.6. The lowest BCUT2D eigenvalue weighted by Gasteiger charge is -2.18. The van der Waals surface area contributed by atoms with Gasteiger partial charge in [0.05, 0.1) is 5.39 Å². The maximum absolute atomic E-state index is 6.89. The zero-order valence-corrected chi connectivity index (χ0v) is 27.1. The topological polar surface area (TPSA) is 26.3 Å². The highest BCUT2D eigenvalue weighted by Gasteiger charge is 2.24. The van der Waals surface area contributed by atoms with Crippen molar-refractivity contribution in [3.8, 4) is 33.6 Å². The fourth-order valence-corrected chi connectivity index (χ4v) is 9.13. The molecule has 8 aromatic carbocycles. The molecule has 3 heteroatoms. The first-order valence-corrected chi connectivity index (χ1v) is 17.4. The Morgan fingerprint density at radius 1 is 0.367 bits per heavy atom. The minimum atomic E-state index is 0.825. The second kappa shape index (κ2) is 10.2. The summed E-state index contributed by atoms with van der Waals surface area (Å²) < 4.78 is 16.1. The molecule has 3 heterocycles. The largest absolute Gasteiger partial charge is 0.455 e. The maximum Gasteiger partial charge on any atom is 0.146 e. The van der Waals surface area contributed by atoms with E-state index < -0.39 is 0 Å². The molecule has 0 saturated heterocycles. The Kier molecular flexibility index (Phi) is 5.57. The fraction of sp³-hybridized carbons (Fsp3) is 0. The van der Waals surface area contributed by atoms with E-state index >= 15 is 0 Å². The Bertz CT molecular complexity index is 3050. The fourth-order valence-electron chi connectivity index (χ4n) is 8.00. The van der Waals surface area contributed by atoms with Crippen molar-refractivity contribution >= 4 is 86.0 Å². The second-order valence-corrected chi connectivity index (χ2v) is 13.8. The molecule has 49 heavy (non-hydrogen) atoms. The van der Waals surface area contributed by atoms with Gasteiger partial charge in [-0.05, 0) is 63.0 Å². The van der Waals surface area contributed by atoms with Crippen molar-refractivity contribution in [3.63, 3.8) is 0 Å². The molecule has 0 aliphatic heterocycles. The van der Waals surface area contributed by atoms with Crippen LogP contribution in [0.25, 0.3) is 108 Å². The number of rotatable bonds is 3. The molecule has 0 aliphatic carbocycles. The molecule has 11 aromatic rings. The molecule has 3 aromatic heterocycles. The van der Waals surface area contributed by atoms with Crippen molar-refractivity contribution in [1.82, 2.24) is 0 Å². The molecule has 0 aliphatic rings. The third kappa shape index (κ3) is 3.82. The molecule has 0 atom stereocenters. The zero-order chi connectivity index (χ0) is 32.1. The van der Waals surface area contributed by atoms with Crippen LogP contribution in [-0.2, 0) is 0 Å². The number of benzene rings is 8. The summed E-state index contributed by atoms with van der Waals surface area (Å²) in [5.74, 6) is 0.825. The highest BCUT2D eigenvalue weighted by molar-refractivity contribution is 7.25. The van der Waals surface area contributed by atoms with E-state index in [-0.39, 0.29) is 0 Å². The van der Waals surface area contributed by atoms with Gasteiger partial charge in [-0.15, -0.1) is 11.3 Å². The van der Waals surface area contributed by atoms with Gasteiger partial charge in [0.15, 0.2) is 0 Å². The molecule has 228 valence electrons. The SMILES string of the molecule is c1ccc(-c2cc3c(o2)c(-c2c4ccccc4c(-c4cccc5sc6ccccc6c45)c4ccccc24)cc2c4ccccc4oc32)cc1. The Morgan fingerprint density at radius 3 is 1.69 bits per heavy atom. The first-order chi connectivity index (χ1) is 24.3.